The zero-order chi connectivity index (χ0) is 11.5. The van der Waals surface area contributed by atoms with Gasteiger partial charge in [0.05, 0.1) is 6.61 Å². The minimum atomic E-state index is 0.580. The molecular formula is C12H26N2O. The highest BCUT2D eigenvalue weighted by Gasteiger charge is 2.01. The van der Waals surface area contributed by atoms with Crippen LogP contribution in [-0.4, -0.2) is 50.8 Å². The number of rotatable bonds is 10. The molecule has 15 heavy (non-hydrogen) atoms. The summed E-state index contributed by atoms with van der Waals surface area (Å²) in [6.45, 7) is 13.0. The van der Waals surface area contributed by atoms with E-state index in [1.807, 2.05) is 6.08 Å². The van der Waals surface area contributed by atoms with Crippen molar-refractivity contribution in [3.05, 3.63) is 12.7 Å². The van der Waals surface area contributed by atoms with Gasteiger partial charge in [-0.05, 0) is 19.5 Å². The molecule has 0 aromatic heterocycles. The Kier molecular flexibility index (Phi) is 9.89. The molecule has 0 fully saturated rings. The van der Waals surface area contributed by atoms with Crippen molar-refractivity contribution in [1.82, 2.24) is 10.2 Å². The summed E-state index contributed by atoms with van der Waals surface area (Å²) in [5.41, 5.74) is 0. The Bertz CT molecular complexity index is 149. The van der Waals surface area contributed by atoms with Gasteiger partial charge in [0.1, 0.15) is 0 Å². The van der Waals surface area contributed by atoms with Gasteiger partial charge < -0.3 is 10.1 Å². The zero-order valence-electron chi connectivity index (χ0n) is 10.5. The third-order valence-corrected chi connectivity index (χ3v) is 2.20. The van der Waals surface area contributed by atoms with E-state index in [9.17, 15) is 0 Å². The normalized spacial score (nSPS) is 11.3. The van der Waals surface area contributed by atoms with E-state index in [0.29, 0.717) is 6.04 Å². The lowest BCUT2D eigenvalue weighted by molar-refractivity contribution is 0.153. The standard InChI is InChI=1S/C12H26N2O/c1-5-8-14(10-11-15-4)9-6-7-13-12(2)3/h5,12-13H,1,6-11H2,2-4H3. The van der Waals surface area contributed by atoms with E-state index >= 15 is 0 Å². The van der Waals surface area contributed by atoms with Crippen LogP contribution < -0.4 is 5.32 Å². The smallest absolute Gasteiger partial charge is 0.0589 e. The molecule has 3 nitrogen and oxygen atoms in total. The zero-order valence-corrected chi connectivity index (χ0v) is 10.5. The molecule has 1 N–H and O–H groups in total. The molecule has 0 aliphatic rings. The number of nitrogens with zero attached hydrogens (tertiary/aromatic N) is 1. The first-order valence-electron chi connectivity index (χ1n) is 5.76. The molecule has 0 rings (SSSR count). The van der Waals surface area contributed by atoms with Crippen LogP contribution in [0, 0.1) is 0 Å². The van der Waals surface area contributed by atoms with Crippen molar-refractivity contribution in [2.24, 2.45) is 0 Å². The molecule has 0 aromatic carbocycles. The van der Waals surface area contributed by atoms with Crippen LogP contribution in [0.4, 0.5) is 0 Å². The van der Waals surface area contributed by atoms with Crippen LogP contribution in [0.15, 0.2) is 12.7 Å². The van der Waals surface area contributed by atoms with Crippen LogP contribution in [0.2, 0.25) is 0 Å². The Morgan fingerprint density at radius 1 is 1.40 bits per heavy atom. The van der Waals surface area contributed by atoms with Gasteiger partial charge in [-0.15, -0.1) is 6.58 Å². The highest BCUT2D eigenvalue weighted by Crippen LogP contribution is 1.92. The molecule has 3 heteroatoms. The Morgan fingerprint density at radius 2 is 2.13 bits per heavy atom. The molecule has 0 unspecified atom stereocenters. The second-order valence-corrected chi connectivity index (χ2v) is 4.04. The van der Waals surface area contributed by atoms with Crippen molar-refractivity contribution in [3.63, 3.8) is 0 Å². The number of nitrogens with one attached hydrogen (secondary N) is 1. The van der Waals surface area contributed by atoms with Gasteiger partial charge in [0.2, 0.25) is 0 Å². The number of hydrogen-bond acceptors (Lipinski definition) is 3. The molecule has 0 saturated heterocycles. The third kappa shape index (κ3) is 9.91. The SMILES string of the molecule is C=CCN(CCCNC(C)C)CCOC. The van der Waals surface area contributed by atoms with Crippen molar-refractivity contribution in [2.45, 2.75) is 26.3 Å². The number of methoxy groups -OCH3 is 1. The van der Waals surface area contributed by atoms with Crippen LogP contribution in [0.1, 0.15) is 20.3 Å². The molecule has 0 spiro atoms. The van der Waals surface area contributed by atoms with Crippen LogP contribution in [0.3, 0.4) is 0 Å². The van der Waals surface area contributed by atoms with Gasteiger partial charge in [-0.3, -0.25) is 4.90 Å². The minimum absolute atomic E-state index is 0.580. The summed E-state index contributed by atoms with van der Waals surface area (Å²) < 4.78 is 5.07. The van der Waals surface area contributed by atoms with Crippen molar-refractivity contribution in [1.29, 1.82) is 0 Å². The fourth-order valence-corrected chi connectivity index (χ4v) is 1.39. The number of ether oxygens (including phenoxy) is 1. The van der Waals surface area contributed by atoms with E-state index in [0.717, 1.165) is 32.8 Å². The second-order valence-electron chi connectivity index (χ2n) is 4.04. The summed E-state index contributed by atoms with van der Waals surface area (Å²) in [5, 5.41) is 3.42. The van der Waals surface area contributed by atoms with Crippen LogP contribution in [-0.2, 0) is 4.74 Å². The van der Waals surface area contributed by atoms with Crippen LogP contribution in [0.25, 0.3) is 0 Å². The Morgan fingerprint density at radius 3 is 2.67 bits per heavy atom. The summed E-state index contributed by atoms with van der Waals surface area (Å²) in [5.74, 6) is 0. The molecule has 0 radical (unpaired) electrons. The largest absolute Gasteiger partial charge is 0.383 e. The number of hydrogen-bond donors (Lipinski definition) is 1. The lowest BCUT2D eigenvalue weighted by Gasteiger charge is -2.20. The molecule has 0 aromatic rings. The molecule has 90 valence electrons. The van der Waals surface area contributed by atoms with Gasteiger partial charge in [-0.1, -0.05) is 19.9 Å². The Hall–Kier alpha value is -0.380. The van der Waals surface area contributed by atoms with Crippen molar-refractivity contribution < 1.29 is 4.74 Å². The predicted molar refractivity (Wildman–Crippen MR) is 66.3 cm³/mol. The van der Waals surface area contributed by atoms with Crippen molar-refractivity contribution in [2.75, 3.05) is 39.9 Å². The topological polar surface area (TPSA) is 24.5 Å². The third-order valence-electron chi connectivity index (χ3n) is 2.20. The van der Waals surface area contributed by atoms with Crippen LogP contribution in [0.5, 0.6) is 0 Å². The average molecular weight is 214 g/mol. The second kappa shape index (κ2) is 10.1. The maximum Gasteiger partial charge on any atom is 0.0589 e. The Labute approximate surface area is 94.5 Å². The van der Waals surface area contributed by atoms with Crippen LogP contribution >= 0.6 is 0 Å². The fourth-order valence-electron chi connectivity index (χ4n) is 1.39. The first-order valence-corrected chi connectivity index (χ1v) is 5.76. The maximum atomic E-state index is 5.07. The molecule has 0 bridgehead atoms. The molecular weight excluding hydrogens is 188 g/mol. The predicted octanol–water partition coefficient (Wildman–Crippen LogP) is 1.51. The van der Waals surface area contributed by atoms with Gasteiger partial charge >= 0.3 is 0 Å². The van der Waals surface area contributed by atoms with Crippen molar-refractivity contribution in [3.8, 4) is 0 Å². The monoisotopic (exact) mass is 214 g/mol. The summed E-state index contributed by atoms with van der Waals surface area (Å²) >= 11 is 0. The van der Waals surface area contributed by atoms with E-state index in [1.165, 1.54) is 6.42 Å². The highest BCUT2D eigenvalue weighted by molar-refractivity contribution is 4.73. The average Bonchev–Trinajstić information content (AvgIpc) is 2.20. The first-order chi connectivity index (χ1) is 7.20. The lowest BCUT2D eigenvalue weighted by Crippen LogP contribution is -2.32. The molecule has 0 amide bonds. The molecule has 0 saturated carbocycles. The maximum absolute atomic E-state index is 5.07. The van der Waals surface area contributed by atoms with E-state index < -0.39 is 0 Å². The quantitative estimate of drug-likeness (QED) is 0.441. The molecule has 0 aliphatic carbocycles. The Balaban J connectivity index is 3.51. The molecule has 0 heterocycles. The summed E-state index contributed by atoms with van der Waals surface area (Å²) in [7, 11) is 1.74. The highest BCUT2D eigenvalue weighted by atomic mass is 16.5. The van der Waals surface area contributed by atoms with Gasteiger partial charge in [0.15, 0.2) is 0 Å². The molecule has 0 atom stereocenters. The van der Waals surface area contributed by atoms with Gasteiger partial charge in [0.25, 0.3) is 0 Å². The fraction of sp³-hybridized carbons (Fsp3) is 0.833. The van der Waals surface area contributed by atoms with E-state index in [4.69, 9.17) is 4.74 Å². The lowest BCUT2D eigenvalue weighted by atomic mass is 10.3. The summed E-state index contributed by atoms with van der Waals surface area (Å²) in [6.07, 6.45) is 3.13. The van der Waals surface area contributed by atoms with Gasteiger partial charge in [-0.2, -0.15) is 0 Å². The minimum Gasteiger partial charge on any atom is -0.383 e. The van der Waals surface area contributed by atoms with E-state index in [-0.39, 0.29) is 0 Å². The van der Waals surface area contributed by atoms with Gasteiger partial charge in [-0.25, -0.2) is 0 Å². The molecule has 0 aliphatic heterocycles. The summed E-state index contributed by atoms with van der Waals surface area (Å²) in [4.78, 5) is 2.36. The summed E-state index contributed by atoms with van der Waals surface area (Å²) in [6, 6.07) is 0.580. The first kappa shape index (κ1) is 14.6. The van der Waals surface area contributed by atoms with E-state index in [1.54, 1.807) is 7.11 Å². The van der Waals surface area contributed by atoms with Gasteiger partial charge in [0, 0.05) is 26.2 Å². The van der Waals surface area contributed by atoms with Crippen molar-refractivity contribution >= 4 is 0 Å². The van der Waals surface area contributed by atoms with E-state index in [2.05, 4.69) is 30.6 Å².